The molecule has 0 aliphatic carbocycles. The van der Waals surface area contributed by atoms with E-state index >= 15 is 0 Å². The van der Waals surface area contributed by atoms with Crippen molar-refractivity contribution < 1.29 is 13.2 Å². The molecule has 1 saturated heterocycles. The smallest absolute Gasteiger partial charge is 0.216 e. The molecule has 0 atom stereocenters. The number of hydrogen-bond donors (Lipinski definition) is 0. The van der Waals surface area contributed by atoms with Crippen LogP contribution in [0.1, 0.15) is 53.4 Å². The van der Waals surface area contributed by atoms with Crippen molar-refractivity contribution in [3.63, 3.8) is 0 Å². The van der Waals surface area contributed by atoms with Gasteiger partial charge in [0.2, 0.25) is 10.0 Å². The van der Waals surface area contributed by atoms with Gasteiger partial charge in [0.1, 0.15) is 0 Å². The zero-order valence-electron chi connectivity index (χ0n) is 12.8. The van der Waals surface area contributed by atoms with Gasteiger partial charge in [0.25, 0.3) is 0 Å². The first-order chi connectivity index (χ1) is 8.84. The highest BCUT2D eigenvalue weighted by Gasteiger charge is 2.30. The molecule has 0 radical (unpaired) electrons. The Morgan fingerprint density at radius 1 is 1.16 bits per heavy atom. The largest absolute Gasteiger partial charge is 0.378 e. The molecule has 0 aromatic carbocycles. The van der Waals surface area contributed by atoms with Crippen molar-refractivity contribution in [2.24, 2.45) is 5.92 Å². The quantitative estimate of drug-likeness (QED) is 0.677. The van der Waals surface area contributed by atoms with E-state index in [1.165, 1.54) is 6.42 Å². The molecule has 0 aromatic heterocycles. The van der Waals surface area contributed by atoms with Crippen LogP contribution >= 0.6 is 0 Å². The van der Waals surface area contributed by atoms with Crippen LogP contribution in [0.4, 0.5) is 0 Å². The van der Waals surface area contributed by atoms with Crippen LogP contribution in [0, 0.1) is 5.92 Å². The highest BCUT2D eigenvalue weighted by Crippen LogP contribution is 2.19. The molecular weight excluding hydrogens is 262 g/mol. The topological polar surface area (TPSA) is 46.6 Å². The summed E-state index contributed by atoms with van der Waals surface area (Å²) in [7, 11) is -3.08. The third kappa shape index (κ3) is 5.40. The summed E-state index contributed by atoms with van der Waals surface area (Å²) in [6, 6.07) is 0. The summed E-state index contributed by atoms with van der Waals surface area (Å²) >= 11 is 0. The molecule has 1 fully saturated rings. The van der Waals surface area contributed by atoms with E-state index in [-0.39, 0.29) is 11.4 Å². The van der Waals surface area contributed by atoms with Crippen molar-refractivity contribution in [3.05, 3.63) is 0 Å². The van der Waals surface area contributed by atoms with E-state index in [1.54, 1.807) is 18.2 Å². The molecule has 1 rings (SSSR count). The van der Waals surface area contributed by atoms with Gasteiger partial charge in [0.15, 0.2) is 0 Å². The summed E-state index contributed by atoms with van der Waals surface area (Å²) in [5.74, 6) is 0.724. The number of ether oxygens (including phenoxy) is 1. The second-order valence-electron chi connectivity index (χ2n) is 6.10. The SMILES string of the molecule is CC(C)CCCOC1CCN(S(=O)(=O)C(C)C)CC1. The van der Waals surface area contributed by atoms with Gasteiger partial charge in [-0.15, -0.1) is 0 Å². The summed E-state index contributed by atoms with van der Waals surface area (Å²) in [4.78, 5) is 0. The lowest BCUT2D eigenvalue weighted by atomic mass is 10.1. The number of rotatable bonds is 7. The first-order valence-electron chi connectivity index (χ1n) is 7.44. The predicted molar refractivity (Wildman–Crippen MR) is 78.7 cm³/mol. The van der Waals surface area contributed by atoms with Gasteiger partial charge in [0, 0.05) is 19.7 Å². The van der Waals surface area contributed by atoms with E-state index in [9.17, 15) is 8.42 Å². The van der Waals surface area contributed by atoms with Crippen molar-refractivity contribution >= 4 is 10.0 Å². The maximum atomic E-state index is 12.0. The van der Waals surface area contributed by atoms with Gasteiger partial charge in [0.05, 0.1) is 11.4 Å². The average molecular weight is 291 g/mol. The fourth-order valence-corrected chi connectivity index (χ4v) is 3.61. The molecule has 19 heavy (non-hydrogen) atoms. The average Bonchev–Trinajstić information content (AvgIpc) is 2.35. The van der Waals surface area contributed by atoms with Gasteiger partial charge in [-0.1, -0.05) is 13.8 Å². The van der Waals surface area contributed by atoms with E-state index in [0.29, 0.717) is 13.1 Å². The van der Waals surface area contributed by atoms with Crippen molar-refractivity contribution in [3.8, 4) is 0 Å². The lowest BCUT2D eigenvalue weighted by molar-refractivity contribution is 0.0183. The molecule has 0 bridgehead atoms. The number of sulfonamides is 1. The highest BCUT2D eigenvalue weighted by molar-refractivity contribution is 7.89. The standard InChI is InChI=1S/C14H29NO3S/c1-12(2)6-5-11-18-14-7-9-15(10-8-14)19(16,17)13(3)4/h12-14H,5-11H2,1-4H3. The Morgan fingerprint density at radius 2 is 1.74 bits per heavy atom. The van der Waals surface area contributed by atoms with Gasteiger partial charge in [-0.25, -0.2) is 12.7 Å². The lowest BCUT2D eigenvalue weighted by Gasteiger charge is -2.32. The van der Waals surface area contributed by atoms with Gasteiger partial charge < -0.3 is 4.74 Å². The second-order valence-corrected chi connectivity index (χ2v) is 8.59. The zero-order valence-corrected chi connectivity index (χ0v) is 13.6. The predicted octanol–water partition coefficient (Wildman–Crippen LogP) is 2.64. The second kappa shape index (κ2) is 7.60. The van der Waals surface area contributed by atoms with E-state index in [2.05, 4.69) is 13.8 Å². The Balaban J connectivity index is 2.26. The van der Waals surface area contributed by atoms with Crippen molar-refractivity contribution in [1.29, 1.82) is 0 Å². The summed E-state index contributed by atoms with van der Waals surface area (Å²) in [6.07, 6.45) is 4.19. The first kappa shape index (κ1) is 16.9. The van der Waals surface area contributed by atoms with Crippen LogP contribution < -0.4 is 0 Å². The molecule has 5 heteroatoms. The fraction of sp³-hybridized carbons (Fsp3) is 1.00. The molecule has 4 nitrogen and oxygen atoms in total. The Kier molecular flexibility index (Phi) is 6.77. The van der Waals surface area contributed by atoms with Gasteiger partial charge in [-0.3, -0.25) is 0 Å². The van der Waals surface area contributed by atoms with Crippen molar-refractivity contribution in [1.82, 2.24) is 4.31 Å². The zero-order chi connectivity index (χ0) is 14.5. The highest BCUT2D eigenvalue weighted by atomic mass is 32.2. The molecule has 0 amide bonds. The van der Waals surface area contributed by atoms with Gasteiger partial charge in [-0.05, 0) is 45.4 Å². The fourth-order valence-electron chi connectivity index (χ4n) is 2.29. The van der Waals surface area contributed by atoms with Crippen molar-refractivity contribution in [2.45, 2.75) is 64.7 Å². The minimum absolute atomic E-state index is 0.241. The number of nitrogens with zero attached hydrogens (tertiary/aromatic N) is 1. The summed E-state index contributed by atoms with van der Waals surface area (Å²) in [5, 5.41) is -0.323. The van der Waals surface area contributed by atoms with Gasteiger partial charge in [-0.2, -0.15) is 0 Å². The van der Waals surface area contributed by atoms with Gasteiger partial charge >= 0.3 is 0 Å². The Labute approximate surface area is 118 Å². The van der Waals surface area contributed by atoms with E-state index in [0.717, 1.165) is 31.8 Å². The van der Waals surface area contributed by atoms with Crippen LogP contribution in [-0.4, -0.2) is 43.8 Å². The first-order valence-corrected chi connectivity index (χ1v) is 8.95. The minimum Gasteiger partial charge on any atom is -0.378 e. The molecular formula is C14H29NO3S. The van der Waals surface area contributed by atoms with Crippen LogP contribution in [0.3, 0.4) is 0 Å². The Hall–Kier alpha value is -0.130. The molecule has 0 spiro atoms. The molecule has 1 heterocycles. The summed E-state index contributed by atoms with van der Waals surface area (Å²) < 4.78 is 31.5. The monoisotopic (exact) mass is 291 g/mol. The molecule has 0 aromatic rings. The number of hydrogen-bond acceptors (Lipinski definition) is 3. The normalized spacial score (nSPS) is 19.5. The molecule has 0 saturated carbocycles. The van der Waals surface area contributed by atoms with E-state index in [1.807, 2.05) is 0 Å². The minimum atomic E-state index is -3.08. The summed E-state index contributed by atoms with van der Waals surface area (Å²) in [6.45, 7) is 9.93. The van der Waals surface area contributed by atoms with Crippen LogP contribution in [0.2, 0.25) is 0 Å². The maximum Gasteiger partial charge on any atom is 0.216 e. The van der Waals surface area contributed by atoms with Crippen molar-refractivity contribution in [2.75, 3.05) is 19.7 Å². The van der Waals surface area contributed by atoms with Crippen LogP contribution in [-0.2, 0) is 14.8 Å². The lowest BCUT2D eigenvalue weighted by Crippen LogP contribution is -2.43. The Morgan fingerprint density at radius 3 is 2.21 bits per heavy atom. The number of piperidine rings is 1. The third-order valence-electron chi connectivity index (χ3n) is 3.64. The molecule has 0 N–H and O–H groups in total. The van der Waals surface area contributed by atoms with E-state index < -0.39 is 10.0 Å². The molecule has 1 aliphatic heterocycles. The van der Waals surface area contributed by atoms with Crippen LogP contribution in [0.5, 0.6) is 0 Å². The molecule has 0 unspecified atom stereocenters. The molecule has 1 aliphatic rings. The van der Waals surface area contributed by atoms with E-state index in [4.69, 9.17) is 4.74 Å². The summed E-state index contributed by atoms with van der Waals surface area (Å²) in [5.41, 5.74) is 0. The van der Waals surface area contributed by atoms with Crippen LogP contribution in [0.15, 0.2) is 0 Å². The Bertz CT molecular complexity index is 344. The van der Waals surface area contributed by atoms with Crippen LogP contribution in [0.25, 0.3) is 0 Å². The third-order valence-corrected chi connectivity index (χ3v) is 5.91. The molecule has 114 valence electrons. The maximum absolute atomic E-state index is 12.0.